The van der Waals surface area contributed by atoms with Crippen LogP contribution in [0.1, 0.15) is 35.3 Å². The van der Waals surface area contributed by atoms with E-state index < -0.39 is 5.60 Å². The van der Waals surface area contributed by atoms with Crippen LogP contribution in [0.3, 0.4) is 0 Å². The highest BCUT2D eigenvalue weighted by Crippen LogP contribution is 2.38. The van der Waals surface area contributed by atoms with Crippen LogP contribution in [-0.2, 0) is 0 Å². The first-order valence-corrected chi connectivity index (χ1v) is 7.61. The fourth-order valence-electron chi connectivity index (χ4n) is 2.53. The first-order chi connectivity index (χ1) is 11.4. The number of carbonyl (C=O) groups is 1. The van der Waals surface area contributed by atoms with Gasteiger partial charge in [0.2, 0.25) is 0 Å². The van der Waals surface area contributed by atoms with Crippen LogP contribution >= 0.6 is 0 Å². The molecular weight excluding hydrogens is 304 g/mol. The van der Waals surface area contributed by atoms with E-state index in [1.54, 1.807) is 48.6 Å². The molecule has 122 valence electrons. The standard InChI is InChI=1S/C20H18O4/c1-20(2)11-10-16-18(24-20)9-7-15(19(16)23)17(22)8-6-13-4-3-5-14(21)12-13/h3-12,21,23H,1-2H3/b8-6+. The summed E-state index contributed by atoms with van der Waals surface area (Å²) in [5, 5.41) is 19.8. The molecule has 0 aromatic heterocycles. The molecule has 2 aromatic rings. The van der Waals surface area contributed by atoms with Crippen molar-refractivity contribution in [2.24, 2.45) is 0 Å². The Morgan fingerprint density at radius 1 is 1.17 bits per heavy atom. The molecule has 0 saturated carbocycles. The zero-order chi connectivity index (χ0) is 17.3. The van der Waals surface area contributed by atoms with Crippen LogP contribution in [0.25, 0.3) is 12.2 Å². The van der Waals surface area contributed by atoms with E-state index in [2.05, 4.69) is 0 Å². The number of phenolic OH excluding ortho intramolecular Hbond substituents is 2. The second-order valence-corrected chi connectivity index (χ2v) is 6.20. The molecule has 0 radical (unpaired) electrons. The SMILES string of the molecule is CC1(C)C=Cc2c(ccc(C(=O)/C=C/c3cccc(O)c3)c2O)O1. The van der Waals surface area contributed by atoms with Gasteiger partial charge in [-0.05, 0) is 61.9 Å². The van der Waals surface area contributed by atoms with Gasteiger partial charge in [-0.2, -0.15) is 0 Å². The molecule has 1 aliphatic heterocycles. The maximum absolute atomic E-state index is 12.4. The average Bonchev–Trinajstić information content (AvgIpc) is 2.52. The van der Waals surface area contributed by atoms with Gasteiger partial charge in [0.25, 0.3) is 0 Å². The Morgan fingerprint density at radius 2 is 1.96 bits per heavy atom. The van der Waals surface area contributed by atoms with E-state index in [0.29, 0.717) is 16.9 Å². The predicted octanol–water partition coefficient (Wildman–Crippen LogP) is 4.18. The summed E-state index contributed by atoms with van der Waals surface area (Å²) < 4.78 is 5.77. The van der Waals surface area contributed by atoms with Gasteiger partial charge in [-0.3, -0.25) is 4.79 Å². The van der Waals surface area contributed by atoms with E-state index in [4.69, 9.17) is 4.74 Å². The molecule has 0 aliphatic carbocycles. The number of benzene rings is 2. The van der Waals surface area contributed by atoms with Gasteiger partial charge in [-0.25, -0.2) is 0 Å². The number of carbonyl (C=O) groups excluding carboxylic acids is 1. The van der Waals surface area contributed by atoms with Crippen LogP contribution in [0.4, 0.5) is 0 Å². The van der Waals surface area contributed by atoms with Crippen LogP contribution in [0, 0.1) is 0 Å². The second-order valence-electron chi connectivity index (χ2n) is 6.20. The molecule has 4 heteroatoms. The number of phenols is 2. The lowest BCUT2D eigenvalue weighted by Gasteiger charge is -2.28. The normalized spacial score (nSPS) is 15.1. The number of allylic oxidation sites excluding steroid dienone is 1. The third-order valence-electron chi connectivity index (χ3n) is 3.76. The molecular formula is C20H18O4. The largest absolute Gasteiger partial charge is 0.508 e. The maximum atomic E-state index is 12.4. The lowest BCUT2D eigenvalue weighted by Crippen LogP contribution is -2.27. The lowest BCUT2D eigenvalue weighted by molar-refractivity contribution is 0.104. The van der Waals surface area contributed by atoms with Gasteiger partial charge in [0, 0.05) is 0 Å². The molecule has 2 aromatic carbocycles. The smallest absolute Gasteiger partial charge is 0.189 e. The van der Waals surface area contributed by atoms with Gasteiger partial charge in [-0.1, -0.05) is 18.2 Å². The zero-order valence-corrected chi connectivity index (χ0v) is 13.5. The summed E-state index contributed by atoms with van der Waals surface area (Å²) >= 11 is 0. The van der Waals surface area contributed by atoms with Gasteiger partial charge in [0.05, 0.1) is 11.1 Å². The zero-order valence-electron chi connectivity index (χ0n) is 13.5. The molecule has 1 aliphatic rings. The third-order valence-corrected chi connectivity index (χ3v) is 3.76. The Hall–Kier alpha value is -3.01. The molecule has 0 fully saturated rings. The van der Waals surface area contributed by atoms with Gasteiger partial charge in [0.1, 0.15) is 22.8 Å². The number of fused-ring (bicyclic) bond motifs is 1. The molecule has 0 unspecified atom stereocenters. The predicted molar refractivity (Wildman–Crippen MR) is 93.3 cm³/mol. The molecule has 4 nitrogen and oxygen atoms in total. The average molecular weight is 322 g/mol. The second kappa shape index (κ2) is 5.89. The van der Waals surface area contributed by atoms with Gasteiger partial charge in [0.15, 0.2) is 5.78 Å². The minimum absolute atomic E-state index is 0.0928. The van der Waals surface area contributed by atoms with Gasteiger partial charge >= 0.3 is 0 Å². The van der Waals surface area contributed by atoms with E-state index >= 15 is 0 Å². The van der Waals surface area contributed by atoms with E-state index in [0.717, 1.165) is 0 Å². The fourth-order valence-corrected chi connectivity index (χ4v) is 2.53. The Morgan fingerprint density at radius 3 is 2.71 bits per heavy atom. The van der Waals surface area contributed by atoms with Crippen LogP contribution in [0.2, 0.25) is 0 Å². The summed E-state index contributed by atoms with van der Waals surface area (Å²) in [7, 11) is 0. The molecule has 24 heavy (non-hydrogen) atoms. The van der Waals surface area contributed by atoms with Crippen molar-refractivity contribution in [1.82, 2.24) is 0 Å². The number of ether oxygens (including phenoxy) is 1. The first kappa shape index (κ1) is 15.9. The molecule has 0 atom stereocenters. The highest BCUT2D eigenvalue weighted by Gasteiger charge is 2.25. The minimum Gasteiger partial charge on any atom is -0.508 e. The van der Waals surface area contributed by atoms with Crippen LogP contribution in [-0.4, -0.2) is 21.6 Å². The summed E-state index contributed by atoms with van der Waals surface area (Å²) in [4.78, 5) is 12.4. The highest BCUT2D eigenvalue weighted by atomic mass is 16.5. The maximum Gasteiger partial charge on any atom is 0.189 e. The van der Waals surface area contributed by atoms with Crippen molar-refractivity contribution in [2.45, 2.75) is 19.4 Å². The summed E-state index contributed by atoms with van der Waals surface area (Å²) in [6.45, 7) is 3.83. The van der Waals surface area contributed by atoms with Crippen molar-refractivity contribution >= 4 is 17.9 Å². The molecule has 1 heterocycles. The van der Waals surface area contributed by atoms with Crippen LogP contribution in [0.15, 0.2) is 48.6 Å². The number of hydrogen-bond acceptors (Lipinski definition) is 4. The molecule has 2 N–H and O–H groups in total. The summed E-state index contributed by atoms with van der Waals surface area (Å²) in [5.41, 5.74) is 0.968. The van der Waals surface area contributed by atoms with E-state index in [1.807, 2.05) is 19.9 Å². The Bertz CT molecular complexity index is 860. The fraction of sp³-hybridized carbons (Fsp3) is 0.150. The quantitative estimate of drug-likeness (QED) is 0.657. The monoisotopic (exact) mass is 322 g/mol. The van der Waals surface area contributed by atoms with Crippen molar-refractivity contribution in [2.75, 3.05) is 0 Å². The van der Waals surface area contributed by atoms with Crippen molar-refractivity contribution in [3.63, 3.8) is 0 Å². The third kappa shape index (κ3) is 3.18. The Balaban J connectivity index is 1.89. The molecule has 0 spiro atoms. The van der Waals surface area contributed by atoms with Crippen molar-refractivity contribution < 1.29 is 19.7 Å². The molecule has 3 rings (SSSR count). The van der Waals surface area contributed by atoms with Gasteiger partial charge in [-0.15, -0.1) is 0 Å². The van der Waals surface area contributed by atoms with E-state index in [-0.39, 0.29) is 22.8 Å². The number of hydrogen-bond donors (Lipinski definition) is 2. The summed E-state index contributed by atoms with van der Waals surface area (Å²) in [5.74, 6) is 0.265. The van der Waals surface area contributed by atoms with Crippen molar-refractivity contribution in [3.05, 3.63) is 65.2 Å². The molecule has 0 amide bonds. The number of rotatable bonds is 3. The summed E-state index contributed by atoms with van der Waals surface area (Å²) in [6.07, 6.45) is 6.57. The first-order valence-electron chi connectivity index (χ1n) is 7.61. The van der Waals surface area contributed by atoms with Gasteiger partial charge < -0.3 is 14.9 Å². The highest BCUT2D eigenvalue weighted by molar-refractivity contribution is 6.09. The number of ketones is 1. The minimum atomic E-state index is -0.444. The van der Waals surface area contributed by atoms with Crippen LogP contribution < -0.4 is 4.74 Å². The van der Waals surface area contributed by atoms with Crippen molar-refractivity contribution in [3.8, 4) is 17.2 Å². The van der Waals surface area contributed by atoms with Crippen molar-refractivity contribution in [1.29, 1.82) is 0 Å². The van der Waals surface area contributed by atoms with E-state index in [1.165, 1.54) is 6.08 Å². The summed E-state index contributed by atoms with van der Waals surface area (Å²) in [6, 6.07) is 9.82. The Labute approximate surface area is 140 Å². The molecule has 0 saturated heterocycles. The lowest BCUT2D eigenvalue weighted by atomic mass is 9.98. The number of aromatic hydroxyl groups is 2. The Kier molecular flexibility index (Phi) is 3.89. The topological polar surface area (TPSA) is 66.8 Å². The van der Waals surface area contributed by atoms with E-state index in [9.17, 15) is 15.0 Å². The van der Waals surface area contributed by atoms with Crippen LogP contribution in [0.5, 0.6) is 17.2 Å². The molecule has 0 bridgehead atoms.